The highest BCUT2D eigenvalue weighted by Crippen LogP contribution is 2.64. The number of rotatable bonds is 13. The van der Waals surface area contributed by atoms with E-state index in [1.807, 2.05) is 13.8 Å². The van der Waals surface area contributed by atoms with Gasteiger partial charge < -0.3 is 21.1 Å². The maximum absolute atomic E-state index is 12.0. The van der Waals surface area contributed by atoms with E-state index in [2.05, 4.69) is 40.7 Å². The van der Waals surface area contributed by atoms with E-state index in [1.165, 1.54) is 11.1 Å². The van der Waals surface area contributed by atoms with Gasteiger partial charge in [-0.05, 0) is 111 Å². The molecule has 0 aromatic rings. The van der Waals surface area contributed by atoms with E-state index in [9.17, 15) is 20.2 Å². The highest BCUT2D eigenvalue weighted by atomic mass is 17.0. The molecule has 0 spiro atoms. The van der Waals surface area contributed by atoms with Crippen molar-refractivity contribution in [3.8, 4) is 0 Å². The Hall–Kier alpha value is -2.20. The third kappa shape index (κ3) is 6.60. The van der Waals surface area contributed by atoms with Crippen molar-refractivity contribution in [3.63, 3.8) is 0 Å². The molecule has 4 bridgehead atoms. The summed E-state index contributed by atoms with van der Waals surface area (Å²) < 4.78 is 0. The van der Waals surface area contributed by atoms with Gasteiger partial charge in [0.25, 0.3) is 10.2 Å². The van der Waals surface area contributed by atoms with Crippen molar-refractivity contribution in [1.82, 2.24) is 0 Å². The Balaban J connectivity index is 1.81. The van der Waals surface area contributed by atoms with Crippen LogP contribution in [-0.2, 0) is 9.68 Å². The first-order valence-corrected chi connectivity index (χ1v) is 16.4. The van der Waals surface area contributed by atoms with Gasteiger partial charge in [0.1, 0.15) is 11.7 Å². The molecule has 0 aromatic carbocycles. The third-order valence-corrected chi connectivity index (χ3v) is 12.0. The Morgan fingerprint density at radius 2 is 1.51 bits per heavy atom. The molecule has 4 rings (SSSR count). The smallest absolute Gasteiger partial charge is 0.295 e. The summed E-state index contributed by atoms with van der Waals surface area (Å²) in [6.07, 6.45) is 12.4. The number of fused-ring (bicyclic) bond motifs is 4. The van der Waals surface area contributed by atoms with Gasteiger partial charge in [-0.1, -0.05) is 71.6 Å². The largest absolute Gasteiger partial charge is 0.330 e. The van der Waals surface area contributed by atoms with Crippen LogP contribution < -0.4 is 11.5 Å². The van der Waals surface area contributed by atoms with Gasteiger partial charge in [0.2, 0.25) is 0 Å². The molecule has 10 heteroatoms. The number of nitrogens with zero attached hydrogens (tertiary/aromatic N) is 2. The normalized spacial score (nSPS) is 40.3. The molecule has 10 nitrogen and oxygen atoms in total. The lowest BCUT2D eigenvalue weighted by molar-refractivity contribution is -0.778. The standard InChI is InChI=1S/C33H56N4O6/c1-8-26(42-36(38)39)30(6)14-23-13-28(4,9-2)20-33(15-23,21-30)18-25(35)27-24-16-29(5,10-3)19-32(17-24,11-12-34)22-31(27,7)43-37(40)41/h14,25-26H,8-13,15-22,34-35H2,1-7H3. The van der Waals surface area contributed by atoms with Crippen molar-refractivity contribution in [2.45, 2.75) is 150 Å². The summed E-state index contributed by atoms with van der Waals surface area (Å²) >= 11 is 0. The molecule has 43 heavy (non-hydrogen) atoms. The Morgan fingerprint density at radius 1 is 0.884 bits per heavy atom. The van der Waals surface area contributed by atoms with Crippen molar-refractivity contribution in [1.29, 1.82) is 0 Å². The van der Waals surface area contributed by atoms with Crippen LogP contribution in [0, 0.1) is 47.3 Å². The molecule has 0 aliphatic heterocycles. The lowest BCUT2D eigenvalue weighted by Crippen LogP contribution is -2.55. The molecule has 8 unspecified atom stereocenters. The second-order valence-electron chi connectivity index (χ2n) is 16.2. The topological polar surface area (TPSA) is 157 Å². The molecule has 4 aliphatic carbocycles. The number of allylic oxidation sites excluding steroid dienone is 2. The molecule has 0 aromatic heterocycles. The second kappa shape index (κ2) is 11.6. The molecule has 0 amide bonds. The number of hydrogen-bond donors (Lipinski definition) is 2. The van der Waals surface area contributed by atoms with E-state index < -0.39 is 33.3 Å². The zero-order valence-corrected chi connectivity index (χ0v) is 27.6. The second-order valence-corrected chi connectivity index (χ2v) is 16.2. The first-order chi connectivity index (χ1) is 19.9. The van der Waals surface area contributed by atoms with Gasteiger partial charge >= 0.3 is 0 Å². The molecule has 0 radical (unpaired) electrons. The van der Waals surface area contributed by atoms with Crippen molar-refractivity contribution in [2.75, 3.05) is 6.54 Å². The Morgan fingerprint density at radius 3 is 2.07 bits per heavy atom. The Kier molecular flexibility index (Phi) is 9.11. The van der Waals surface area contributed by atoms with Gasteiger partial charge in [0, 0.05) is 11.5 Å². The summed E-state index contributed by atoms with van der Waals surface area (Å²) in [5.74, 6) is 0. The molecule has 2 saturated carbocycles. The highest BCUT2D eigenvalue weighted by Gasteiger charge is 2.57. The van der Waals surface area contributed by atoms with E-state index in [1.54, 1.807) is 0 Å². The summed E-state index contributed by atoms with van der Waals surface area (Å²) in [4.78, 5) is 34.4. The predicted octanol–water partition coefficient (Wildman–Crippen LogP) is 7.22. The van der Waals surface area contributed by atoms with Gasteiger partial charge in [0.15, 0.2) is 0 Å². The zero-order valence-electron chi connectivity index (χ0n) is 27.6. The van der Waals surface area contributed by atoms with Crippen LogP contribution in [0.2, 0.25) is 0 Å². The average molecular weight is 605 g/mol. The minimum absolute atomic E-state index is 0.0706. The zero-order chi connectivity index (χ0) is 32.1. The lowest BCUT2D eigenvalue weighted by atomic mass is 9.48. The number of hydrogen-bond acceptors (Lipinski definition) is 8. The van der Waals surface area contributed by atoms with Gasteiger partial charge in [-0.3, -0.25) is 0 Å². The van der Waals surface area contributed by atoms with Gasteiger partial charge in [0.05, 0.1) is 0 Å². The molecule has 8 atom stereocenters. The van der Waals surface area contributed by atoms with Gasteiger partial charge in [-0.15, -0.1) is 20.2 Å². The highest BCUT2D eigenvalue weighted by molar-refractivity contribution is 5.37. The summed E-state index contributed by atoms with van der Waals surface area (Å²) in [5.41, 5.74) is 15.0. The van der Waals surface area contributed by atoms with E-state index >= 15 is 0 Å². The maximum Gasteiger partial charge on any atom is 0.295 e. The summed E-state index contributed by atoms with van der Waals surface area (Å²) in [7, 11) is 0. The summed E-state index contributed by atoms with van der Waals surface area (Å²) in [6, 6.07) is -0.436. The van der Waals surface area contributed by atoms with E-state index in [-0.39, 0.29) is 21.7 Å². The number of nitrogens with two attached hydrogens (primary N) is 2. The lowest BCUT2D eigenvalue weighted by Gasteiger charge is -2.58. The van der Waals surface area contributed by atoms with Crippen LogP contribution >= 0.6 is 0 Å². The third-order valence-electron chi connectivity index (χ3n) is 12.0. The first-order valence-electron chi connectivity index (χ1n) is 16.4. The quantitative estimate of drug-likeness (QED) is 0.127. The molecule has 2 fully saturated rings. The summed E-state index contributed by atoms with van der Waals surface area (Å²) in [5, 5.41) is 22.2. The minimum atomic E-state index is -1.13. The molecule has 4 aliphatic rings. The molecule has 0 saturated heterocycles. The van der Waals surface area contributed by atoms with Crippen LogP contribution in [0.1, 0.15) is 132 Å². The van der Waals surface area contributed by atoms with Crippen LogP contribution in [0.4, 0.5) is 0 Å². The Bertz CT molecular complexity index is 1170. The van der Waals surface area contributed by atoms with Crippen molar-refractivity contribution >= 4 is 0 Å². The SMILES string of the molecule is CCC(O[N+](=O)[O-])C1(C)C=C2CC(C)(CC)CC(CC(N)C3=C4CC(C)(CC)CC(CCN)(C4)CC3(C)O[N+](=O)[O-])(C2)C1. The van der Waals surface area contributed by atoms with E-state index in [0.717, 1.165) is 69.8 Å². The van der Waals surface area contributed by atoms with Crippen LogP contribution in [0.25, 0.3) is 0 Å². The molecule has 0 heterocycles. The van der Waals surface area contributed by atoms with E-state index in [4.69, 9.17) is 21.1 Å². The fourth-order valence-corrected chi connectivity index (χ4v) is 11.0. The maximum atomic E-state index is 12.0. The minimum Gasteiger partial charge on any atom is -0.330 e. The van der Waals surface area contributed by atoms with Crippen molar-refractivity contribution in [2.24, 2.45) is 38.5 Å². The van der Waals surface area contributed by atoms with Gasteiger partial charge in [-0.2, -0.15) is 0 Å². The molecule has 4 N–H and O–H groups in total. The van der Waals surface area contributed by atoms with Crippen LogP contribution in [-0.4, -0.2) is 34.5 Å². The first kappa shape index (κ1) is 33.7. The molecule has 244 valence electrons. The van der Waals surface area contributed by atoms with Crippen LogP contribution in [0.3, 0.4) is 0 Å². The fourth-order valence-electron chi connectivity index (χ4n) is 11.0. The van der Waals surface area contributed by atoms with Gasteiger partial charge in [-0.25, -0.2) is 0 Å². The van der Waals surface area contributed by atoms with E-state index in [0.29, 0.717) is 25.8 Å². The fraction of sp³-hybridized carbons (Fsp3) is 0.879. The van der Waals surface area contributed by atoms with Crippen molar-refractivity contribution < 1.29 is 19.8 Å². The average Bonchev–Trinajstić information content (AvgIpc) is 2.84. The summed E-state index contributed by atoms with van der Waals surface area (Å²) in [6.45, 7) is 15.6. The Labute approximate surface area is 257 Å². The van der Waals surface area contributed by atoms with Crippen LogP contribution in [0.5, 0.6) is 0 Å². The molecular weight excluding hydrogens is 548 g/mol. The van der Waals surface area contributed by atoms with Crippen molar-refractivity contribution in [3.05, 3.63) is 43.0 Å². The monoisotopic (exact) mass is 604 g/mol. The van der Waals surface area contributed by atoms with Crippen LogP contribution in [0.15, 0.2) is 22.8 Å². The predicted molar refractivity (Wildman–Crippen MR) is 167 cm³/mol. The molecular formula is C33H56N4O6.